The molecule has 0 atom stereocenters. The average molecular weight is 304 g/mol. The van der Waals surface area contributed by atoms with Crippen LogP contribution < -0.4 is 10.0 Å². The van der Waals surface area contributed by atoms with Crippen LogP contribution in [0.3, 0.4) is 0 Å². The van der Waals surface area contributed by atoms with Crippen molar-refractivity contribution in [2.45, 2.75) is 32.2 Å². The highest BCUT2D eigenvalue weighted by Gasteiger charge is 2.23. The first-order valence-corrected chi connectivity index (χ1v) is 8.12. The van der Waals surface area contributed by atoms with Gasteiger partial charge in [-0.05, 0) is 19.9 Å². The lowest BCUT2D eigenvalue weighted by Crippen LogP contribution is -2.29. The highest BCUT2D eigenvalue weighted by molar-refractivity contribution is 7.89. The van der Waals surface area contributed by atoms with Crippen LogP contribution in [0.1, 0.15) is 25.2 Å². The van der Waals surface area contributed by atoms with E-state index in [1.807, 2.05) is 13.8 Å². The van der Waals surface area contributed by atoms with E-state index in [1.54, 1.807) is 14.0 Å². The summed E-state index contributed by atoms with van der Waals surface area (Å²) in [4.78, 5) is 0.218. The Morgan fingerprint density at radius 2 is 2.10 bits per heavy atom. The van der Waals surface area contributed by atoms with Gasteiger partial charge in [0.25, 0.3) is 0 Å². The molecule has 0 amide bonds. The summed E-state index contributed by atoms with van der Waals surface area (Å²) >= 11 is 0. The molecule has 116 valence electrons. The van der Waals surface area contributed by atoms with Crippen LogP contribution in [0.4, 0.5) is 0 Å². The molecule has 0 unspecified atom stereocenters. The lowest BCUT2D eigenvalue weighted by atomic mass is 10.2. The number of rotatable bonds is 9. The summed E-state index contributed by atoms with van der Waals surface area (Å²) in [6.45, 7) is 7.40. The number of aromatic amines is 1. The first kappa shape index (κ1) is 17.1. The minimum atomic E-state index is -3.56. The highest BCUT2D eigenvalue weighted by Crippen LogP contribution is 2.16. The number of H-pyrrole nitrogens is 1. The average Bonchev–Trinajstić information content (AvgIpc) is 2.71. The van der Waals surface area contributed by atoms with Crippen LogP contribution in [-0.2, 0) is 21.3 Å². The normalized spacial score (nSPS) is 12.2. The number of nitrogens with one attached hydrogen (secondary N) is 3. The number of aryl methyl sites for hydroxylation is 1. The summed E-state index contributed by atoms with van der Waals surface area (Å²) in [5.41, 5.74) is 1.02. The van der Waals surface area contributed by atoms with Gasteiger partial charge in [0, 0.05) is 19.7 Å². The van der Waals surface area contributed by atoms with Crippen molar-refractivity contribution in [1.29, 1.82) is 0 Å². The van der Waals surface area contributed by atoms with Crippen LogP contribution in [-0.4, -0.2) is 45.4 Å². The zero-order valence-electron chi connectivity index (χ0n) is 12.5. The molecule has 3 N–H and O–H groups in total. The minimum Gasteiger partial charge on any atom is -0.380 e. The maximum Gasteiger partial charge on any atom is 0.244 e. The van der Waals surface area contributed by atoms with Gasteiger partial charge in [-0.2, -0.15) is 5.10 Å². The highest BCUT2D eigenvalue weighted by atomic mass is 32.2. The summed E-state index contributed by atoms with van der Waals surface area (Å²) < 4.78 is 32.4. The van der Waals surface area contributed by atoms with Gasteiger partial charge in [0.15, 0.2) is 0 Å². The monoisotopic (exact) mass is 304 g/mol. The summed E-state index contributed by atoms with van der Waals surface area (Å²) in [5, 5.41) is 9.60. The molecular formula is C12H24N4O3S. The van der Waals surface area contributed by atoms with E-state index in [-0.39, 0.29) is 11.4 Å². The molecule has 0 aliphatic rings. The first-order valence-electron chi connectivity index (χ1n) is 6.64. The molecule has 0 bridgehead atoms. The zero-order valence-corrected chi connectivity index (χ0v) is 13.3. The molecular weight excluding hydrogens is 280 g/mol. The smallest absolute Gasteiger partial charge is 0.244 e. The summed E-state index contributed by atoms with van der Waals surface area (Å²) in [6, 6.07) is 0. The standard InChI is InChI=1S/C12H24N4O3S/c1-9(2)8-19-6-5-14-20(17,18)12-10(3)15-16-11(12)7-13-4/h9,13-14H,5-8H2,1-4H3,(H,15,16). The maximum atomic E-state index is 12.3. The third-order valence-electron chi connectivity index (χ3n) is 2.56. The molecule has 0 fully saturated rings. The third-order valence-corrected chi connectivity index (χ3v) is 4.23. The van der Waals surface area contributed by atoms with Gasteiger partial charge in [0.05, 0.1) is 18.0 Å². The molecule has 1 aromatic heterocycles. The van der Waals surface area contributed by atoms with Crippen molar-refractivity contribution < 1.29 is 13.2 Å². The number of nitrogens with zero attached hydrogens (tertiary/aromatic N) is 1. The van der Waals surface area contributed by atoms with Gasteiger partial charge >= 0.3 is 0 Å². The summed E-state index contributed by atoms with van der Waals surface area (Å²) in [6.07, 6.45) is 0. The summed E-state index contributed by atoms with van der Waals surface area (Å²) in [5.74, 6) is 0.435. The van der Waals surface area contributed by atoms with Crippen LogP contribution in [0.25, 0.3) is 0 Å². The van der Waals surface area contributed by atoms with E-state index >= 15 is 0 Å². The van der Waals surface area contributed by atoms with Crippen molar-refractivity contribution in [2.75, 3.05) is 26.8 Å². The second-order valence-electron chi connectivity index (χ2n) is 5.02. The van der Waals surface area contributed by atoms with Crippen LogP contribution in [0.2, 0.25) is 0 Å². The second kappa shape index (κ2) is 7.72. The van der Waals surface area contributed by atoms with Gasteiger partial charge in [0.2, 0.25) is 10.0 Å². The Morgan fingerprint density at radius 3 is 2.70 bits per heavy atom. The molecule has 0 aliphatic carbocycles. The number of aromatic nitrogens is 2. The molecule has 0 aromatic carbocycles. The Balaban J connectivity index is 2.62. The fraction of sp³-hybridized carbons (Fsp3) is 0.750. The second-order valence-corrected chi connectivity index (χ2v) is 6.73. The number of ether oxygens (including phenoxy) is 1. The van der Waals surface area contributed by atoms with Gasteiger partial charge in [-0.25, -0.2) is 13.1 Å². The Hall–Kier alpha value is -0.960. The van der Waals surface area contributed by atoms with E-state index in [4.69, 9.17) is 4.74 Å². The lowest BCUT2D eigenvalue weighted by molar-refractivity contribution is 0.114. The molecule has 8 heteroatoms. The van der Waals surface area contributed by atoms with Crippen molar-refractivity contribution in [3.8, 4) is 0 Å². The molecule has 0 aliphatic heterocycles. The predicted molar refractivity (Wildman–Crippen MR) is 76.9 cm³/mol. The molecule has 0 radical (unpaired) electrons. The molecule has 1 heterocycles. The Labute approximate surface area is 120 Å². The number of sulfonamides is 1. The van der Waals surface area contributed by atoms with Crippen LogP contribution >= 0.6 is 0 Å². The minimum absolute atomic E-state index is 0.218. The molecule has 7 nitrogen and oxygen atoms in total. The first-order chi connectivity index (χ1) is 9.38. The van der Waals surface area contributed by atoms with E-state index in [0.717, 1.165) is 0 Å². The van der Waals surface area contributed by atoms with E-state index in [2.05, 4.69) is 20.2 Å². The van der Waals surface area contributed by atoms with Gasteiger partial charge < -0.3 is 10.1 Å². The Morgan fingerprint density at radius 1 is 1.40 bits per heavy atom. The number of hydrogen-bond donors (Lipinski definition) is 3. The molecule has 0 saturated heterocycles. The van der Waals surface area contributed by atoms with Crippen molar-refractivity contribution in [1.82, 2.24) is 20.2 Å². The maximum absolute atomic E-state index is 12.3. The zero-order chi connectivity index (χ0) is 15.2. The van der Waals surface area contributed by atoms with Gasteiger partial charge in [-0.1, -0.05) is 13.8 Å². The molecule has 0 saturated carbocycles. The van der Waals surface area contributed by atoms with Crippen molar-refractivity contribution >= 4 is 10.0 Å². The third kappa shape index (κ3) is 4.86. The van der Waals surface area contributed by atoms with Crippen LogP contribution in [0.15, 0.2) is 4.90 Å². The van der Waals surface area contributed by atoms with Crippen molar-refractivity contribution in [3.63, 3.8) is 0 Å². The van der Waals surface area contributed by atoms with Gasteiger partial charge in [0.1, 0.15) is 4.90 Å². The van der Waals surface area contributed by atoms with Crippen molar-refractivity contribution in [2.24, 2.45) is 5.92 Å². The lowest BCUT2D eigenvalue weighted by Gasteiger charge is -2.09. The molecule has 20 heavy (non-hydrogen) atoms. The van der Waals surface area contributed by atoms with Crippen molar-refractivity contribution in [3.05, 3.63) is 11.4 Å². The SMILES string of the molecule is CNCc1n[nH]c(C)c1S(=O)(=O)NCCOCC(C)C. The fourth-order valence-electron chi connectivity index (χ4n) is 1.75. The predicted octanol–water partition coefficient (Wildman–Crippen LogP) is 0.388. The van der Waals surface area contributed by atoms with Gasteiger partial charge in [-0.15, -0.1) is 0 Å². The fourth-order valence-corrected chi connectivity index (χ4v) is 3.13. The van der Waals surface area contributed by atoms with Gasteiger partial charge in [-0.3, -0.25) is 5.10 Å². The number of hydrogen-bond acceptors (Lipinski definition) is 5. The summed E-state index contributed by atoms with van der Waals surface area (Å²) in [7, 11) is -1.82. The van der Waals surface area contributed by atoms with Crippen LogP contribution in [0.5, 0.6) is 0 Å². The van der Waals surface area contributed by atoms with E-state index in [1.165, 1.54) is 0 Å². The van der Waals surface area contributed by atoms with E-state index in [9.17, 15) is 8.42 Å². The van der Waals surface area contributed by atoms with E-state index in [0.29, 0.717) is 37.1 Å². The molecule has 0 spiro atoms. The largest absolute Gasteiger partial charge is 0.380 e. The quantitative estimate of drug-likeness (QED) is 0.574. The van der Waals surface area contributed by atoms with Crippen LogP contribution in [0, 0.1) is 12.8 Å². The molecule has 1 aromatic rings. The van der Waals surface area contributed by atoms with E-state index < -0.39 is 10.0 Å². The molecule has 1 rings (SSSR count). The Bertz CT molecular complexity index is 511. The topological polar surface area (TPSA) is 96.1 Å². The Kier molecular flexibility index (Phi) is 6.60.